The highest BCUT2D eigenvalue weighted by atomic mass is 19.1. The predicted octanol–water partition coefficient (Wildman–Crippen LogP) is 2.65. The molecule has 1 saturated heterocycles. The summed E-state index contributed by atoms with van der Waals surface area (Å²) >= 11 is 0. The van der Waals surface area contributed by atoms with Crippen LogP contribution in [0.2, 0.25) is 0 Å². The Bertz CT molecular complexity index is 1150. The van der Waals surface area contributed by atoms with Crippen LogP contribution in [0, 0.1) is 18.6 Å². The van der Waals surface area contributed by atoms with E-state index < -0.39 is 23.3 Å². The van der Waals surface area contributed by atoms with Crippen molar-refractivity contribution < 1.29 is 13.9 Å². The second kappa shape index (κ2) is 6.77. The van der Waals surface area contributed by atoms with E-state index in [1.54, 1.807) is 31.7 Å². The number of H-pyrrole nitrogens is 1. The minimum atomic E-state index is -0.830. The summed E-state index contributed by atoms with van der Waals surface area (Å²) in [5, 5.41) is 22.0. The minimum Gasteiger partial charge on any atom is -0.386 e. The van der Waals surface area contributed by atoms with E-state index in [1.165, 1.54) is 12.1 Å². The number of hydrogen-bond acceptors (Lipinski definition) is 6. The smallest absolute Gasteiger partial charge is 0.272 e. The number of pyridine rings is 1. The summed E-state index contributed by atoms with van der Waals surface area (Å²) in [6.45, 7) is 5.85. The van der Waals surface area contributed by atoms with E-state index in [0.29, 0.717) is 41.2 Å². The molecule has 1 fully saturated rings. The molecule has 0 saturated carbocycles. The van der Waals surface area contributed by atoms with Crippen LogP contribution in [0.1, 0.15) is 31.1 Å². The Morgan fingerprint density at radius 2 is 2.00 bits per heavy atom. The second-order valence-electron chi connectivity index (χ2n) is 7.79. The Balaban J connectivity index is 1.74. The summed E-state index contributed by atoms with van der Waals surface area (Å²) < 4.78 is 27.3. The van der Waals surface area contributed by atoms with Gasteiger partial charge in [0, 0.05) is 30.1 Å². The van der Waals surface area contributed by atoms with Crippen LogP contribution in [0.5, 0.6) is 0 Å². The van der Waals surface area contributed by atoms with Crippen LogP contribution >= 0.6 is 0 Å². The highest BCUT2D eigenvalue weighted by molar-refractivity contribution is 5.92. The molecule has 2 aromatic heterocycles. The van der Waals surface area contributed by atoms with Crippen molar-refractivity contribution in [3.8, 4) is 0 Å². The van der Waals surface area contributed by atoms with E-state index in [-0.39, 0.29) is 11.1 Å². The monoisotopic (exact) mass is 401 g/mol. The van der Waals surface area contributed by atoms with Gasteiger partial charge in [-0.05, 0) is 32.9 Å². The summed E-state index contributed by atoms with van der Waals surface area (Å²) in [5.41, 5.74) is 0.655. The molecule has 0 bridgehead atoms. The molecule has 1 aromatic carbocycles. The van der Waals surface area contributed by atoms with Gasteiger partial charge in [-0.25, -0.2) is 8.78 Å². The summed E-state index contributed by atoms with van der Waals surface area (Å²) in [5.74, 6) is -0.940. The fraction of sp³-hybridized carbons (Fsp3) is 0.350. The molecule has 0 unspecified atom stereocenters. The SMILES string of the molecule is Cc1nnc(N[C@H](C)c2ccc(F)cc2F)c2cc(N3CC(C)(O)C3)c(=O)[nH]c12. The molecule has 1 aliphatic rings. The molecule has 0 radical (unpaired) electrons. The molecule has 7 nitrogen and oxygen atoms in total. The molecule has 0 spiro atoms. The van der Waals surface area contributed by atoms with Gasteiger partial charge in [-0.15, -0.1) is 5.10 Å². The number of aryl methyl sites for hydroxylation is 1. The number of fused-ring (bicyclic) bond motifs is 1. The molecular formula is C20H21F2N5O2. The van der Waals surface area contributed by atoms with E-state index in [9.17, 15) is 18.7 Å². The lowest BCUT2D eigenvalue weighted by molar-refractivity contribution is 0.0309. The largest absolute Gasteiger partial charge is 0.386 e. The summed E-state index contributed by atoms with van der Waals surface area (Å²) in [6.07, 6.45) is 0. The van der Waals surface area contributed by atoms with Crippen molar-refractivity contribution in [2.75, 3.05) is 23.3 Å². The third-order valence-corrected chi connectivity index (χ3v) is 5.12. The van der Waals surface area contributed by atoms with Gasteiger partial charge in [-0.1, -0.05) is 6.07 Å². The van der Waals surface area contributed by atoms with Crippen LogP contribution in [-0.2, 0) is 0 Å². The predicted molar refractivity (Wildman–Crippen MR) is 106 cm³/mol. The number of halogens is 2. The molecule has 3 aromatic rings. The average molecular weight is 401 g/mol. The lowest BCUT2D eigenvalue weighted by Crippen LogP contribution is -2.61. The van der Waals surface area contributed by atoms with Crippen molar-refractivity contribution in [3.05, 3.63) is 57.5 Å². The molecule has 0 aliphatic carbocycles. The molecule has 0 amide bonds. The summed E-state index contributed by atoms with van der Waals surface area (Å²) in [4.78, 5) is 17.1. The Labute approximate surface area is 165 Å². The summed E-state index contributed by atoms with van der Waals surface area (Å²) in [6, 6.07) is 4.58. The van der Waals surface area contributed by atoms with Crippen LogP contribution in [0.15, 0.2) is 29.1 Å². The van der Waals surface area contributed by atoms with Gasteiger partial charge in [0.05, 0.1) is 22.9 Å². The highest BCUT2D eigenvalue weighted by Gasteiger charge is 2.37. The Morgan fingerprint density at radius 3 is 2.66 bits per heavy atom. The normalized spacial score (nSPS) is 16.6. The number of aromatic amines is 1. The highest BCUT2D eigenvalue weighted by Crippen LogP contribution is 2.30. The first kappa shape index (κ1) is 19.3. The molecule has 3 N–H and O–H groups in total. The molecule has 4 rings (SSSR count). The zero-order chi connectivity index (χ0) is 20.9. The summed E-state index contributed by atoms with van der Waals surface area (Å²) in [7, 11) is 0. The Morgan fingerprint density at radius 1 is 1.28 bits per heavy atom. The van der Waals surface area contributed by atoms with Gasteiger partial charge in [-0.3, -0.25) is 4.79 Å². The van der Waals surface area contributed by atoms with E-state index in [2.05, 4.69) is 20.5 Å². The van der Waals surface area contributed by atoms with Crippen LogP contribution in [-0.4, -0.2) is 39.0 Å². The zero-order valence-electron chi connectivity index (χ0n) is 16.3. The number of nitrogens with zero attached hydrogens (tertiary/aromatic N) is 3. The van der Waals surface area contributed by atoms with Gasteiger partial charge in [-0.2, -0.15) is 5.10 Å². The van der Waals surface area contributed by atoms with Gasteiger partial charge >= 0.3 is 0 Å². The number of rotatable bonds is 4. The van der Waals surface area contributed by atoms with Crippen LogP contribution in [0.25, 0.3) is 10.9 Å². The Hall–Kier alpha value is -3.07. The van der Waals surface area contributed by atoms with Crippen molar-refractivity contribution in [1.29, 1.82) is 0 Å². The van der Waals surface area contributed by atoms with E-state index in [0.717, 1.165) is 6.07 Å². The Kier molecular flexibility index (Phi) is 4.49. The van der Waals surface area contributed by atoms with Crippen LogP contribution in [0.4, 0.5) is 20.3 Å². The van der Waals surface area contributed by atoms with E-state index in [1.807, 2.05) is 0 Å². The van der Waals surface area contributed by atoms with Crippen molar-refractivity contribution in [1.82, 2.24) is 15.2 Å². The number of benzene rings is 1. The molecule has 152 valence electrons. The molecular weight excluding hydrogens is 380 g/mol. The van der Waals surface area contributed by atoms with Crippen LogP contribution < -0.4 is 15.8 Å². The minimum absolute atomic E-state index is 0.283. The van der Waals surface area contributed by atoms with Gasteiger partial charge in [0.1, 0.15) is 17.3 Å². The molecule has 29 heavy (non-hydrogen) atoms. The topological polar surface area (TPSA) is 94.1 Å². The number of β-amino-alcohol motifs (C(OH)–C–C–N with tert-alkyl or cyclic N) is 1. The van der Waals surface area contributed by atoms with Crippen molar-refractivity contribution >= 4 is 22.4 Å². The number of aromatic nitrogens is 3. The number of nitrogens with one attached hydrogen (secondary N) is 2. The third kappa shape index (κ3) is 3.53. The first-order chi connectivity index (χ1) is 13.6. The maximum atomic E-state index is 14.1. The first-order valence-electron chi connectivity index (χ1n) is 9.24. The maximum absolute atomic E-state index is 14.1. The molecule has 9 heteroatoms. The standard InChI is InChI=1S/C20H21F2N5O2/c1-10(13-5-4-12(21)6-15(13)22)23-18-14-7-16(27-8-20(3,29)9-27)19(28)24-17(14)11(2)25-26-18/h4-7,10,29H,8-9H2,1-3H3,(H,23,26)(H,24,28)/t10-/m1/s1. The molecule has 1 atom stereocenters. The fourth-order valence-corrected chi connectivity index (χ4v) is 3.64. The zero-order valence-corrected chi connectivity index (χ0v) is 16.3. The van der Waals surface area contributed by atoms with Crippen LogP contribution in [0.3, 0.4) is 0 Å². The number of anilines is 2. The van der Waals surface area contributed by atoms with E-state index >= 15 is 0 Å². The molecule has 1 aliphatic heterocycles. The average Bonchev–Trinajstić information content (AvgIpc) is 2.62. The second-order valence-corrected chi connectivity index (χ2v) is 7.79. The fourth-order valence-electron chi connectivity index (χ4n) is 3.64. The van der Waals surface area contributed by atoms with Gasteiger partial charge in [0.2, 0.25) is 0 Å². The van der Waals surface area contributed by atoms with Crippen molar-refractivity contribution in [2.45, 2.75) is 32.4 Å². The quantitative estimate of drug-likeness (QED) is 0.622. The first-order valence-corrected chi connectivity index (χ1v) is 9.24. The lowest BCUT2D eigenvalue weighted by atomic mass is 9.96. The maximum Gasteiger partial charge on any atom is 0.272 e. The number of hydrogen-bond donors (Lipinski definition) is 3. The van der Waals surface area contributed by atoms with Crippen molar-refractivity contribution in [2.24, 2.45) is 0 Å². The van der Waals surface area contributed by atoms with Gasteiger partial charge in [0.15, 0.2) is 5.82 Å². The lowest BCUT2D eigenvalue weighted by Gasteiger charge is -2.45. The number of aliphatic hydroxyl groups is 1. The third-order valence-electron chi connectivity index (χ3n) is 5.12. The van der Waals surface area contributed by atoms with Crippen molar-refractivity contribution in [3.63, 3.8) is 0 Å². The van der Waals surface area contributed by atoms with E-state index in [4.69, 9.17) is 0 Å². The molecule has 3 heterocycles. The van der Waals surface area contributed by atoms with Gasteiger partial charge < -0.3 is 20.3 Å². The van der Waals surface area contributed by atoms with Gasteiger partial charge in [0.25, 0.3) is 5.56 Å².